The summed E-state index contributed by atoms with van der Waals surface area (Å²) in [5.74, 6) is 0. The van der Waals surface area contributed by atoms with Gasteiger partial charge in [0, 0.05) is 31.7 Å². The first-order valence-electron chi connectivity index (χ1n) is 6.17. The van der Waals surface area contributed by atoms with E-state index in [1.54, 1.807) is 0 Å². The summed E-state index contributed by atoms with van der Waals surface area (Å²) in [5.41, 5.74) is -1.42. The molecule has 1 aliphatic carbocycles. The average Bonchev–Trinajstić information content (AvgIpc) is 2.76. The first kappa shape index (κ1) is 15.3. The van der Waals surface area contributed by atoms with Gasteiger partial charge < -0.3 is 4.57 Å². The Balaban J connectivity index is 2.45. The van der Waals surface area contributed by atoms with Crippen LogP contribution >= 0.6 is 11.6 Å². The number of aryl methyl sites for hydroxylation is 1. The molecule has 2 atom stereocenters. The SMILES string of the molecule is Cn1cc(S(=O)(=O)NC2CCCC2Cl)c(=O)n(C)c1=O. The van der Waals surface area contributed by atoms with Crippen molar-refractivity contribution in [3.05, 3.63) is 27.0 Å². The number of alkyl halides is 1. The van der Waals surface area contributed by atoms with E-state index in [-0.39, 0.29) is 11.4 Å². The normalized spacial score (nSPS) is 23.1. The average molecular weight is 322 g/mol. The Kier molecular flexibility index (Phi) is 4.08. The summed E-state index contributed by atoms with van der Waals surface area (Å²) in [6.45, 7) is 0. The lowest BCUT2D eigenvalue weighted by atomic mass is 10.3. The van der Waals surface area contributed by atoms with Crippen molar-refractivity contribution in [1.82, 2.24) is 13.9 Å². The molecule has 1 saturated carbocycles. The highest BCUT2D eigenvalue weighted by atomic mass is 35.5. The molecule has 7 nitrogen and oxygen atoms in total. The predicted molar refractivity (Wildman–Crippen MR) is 74.5 cm³/mol. The molecule has 1 aromatic rings. The zero-order chi connectivity index (χ0) is 15.1. The Bertz CT molecular complexity index is 737. The summed E-state index contributed by atoms with van der Waals surface area (Å²) in [6.07, 6.45) is 3.25. The third-order valence-corrected chi connectivity index (χ3v) is 5.44. The molecule has 9 heteroatoms. The maximum absolute atomic E-state index is 12.3. The van der Waals surface area contributed by atoms with Crippen molar-refractivity contribution < 1.29 is 8.42 Å². The fraction of sp³-hybridized carbons (Fsp3) is 0.636. The fourth-order valence-corrected chi connectivity index (χ4v) is 4.16. The molecule has 0 radical (unpaired) electrons. The van der Waals surface area contributed by atoms with Crippen LogP contribution in [0.15, 0.2) is 20.7 Å². The van der Waals surface area contributed by atoms with E-state index in [2.05, 4.69) is 4.72 Å². The van der Waals surface area contributed by atoms with Gasteiger partial charge in [0.25, 0.3) is 5.56 Å². The molecule has 0 amide bonds. The number of hydrogen-bond acceptors (Lipinski definition) is 4. The van der Waals surface area contributed by atoms with Gasteiger partial charge in [0.15, 0.2) is 4.90 Å². The van der Waals surface area contributed by atoms with E-state index in [0.717, 1.165) is 28.2 Å². The molecule has 0 spiro atoms. The highest BCUT2D eigenvalue weighted by Gasteiger charge is 2.31. The van der Waals surface area contributed by atoms with Gasteiger partial charge in [-0.1, -0.05) is 6.42 Å². The first-order valence-corrected chi connectivity index (χ1v) is 8.09. The Morgan fingerprint density at radius 2 is 1.95 bits per heavy atom. The van der Waals surface area contributed by atoms with E-state index in [1.807, 2.05) is 0 Å². The molecule has 0 aliphatic heterocycles. The van der Waals surface area contributed by atoms with Gasteiger partial charge in [-0.05, 0) is 12.8 Å². The number of halogens is 1. The van der Waals surface area contributed by atoms with Gasteiger partial charge in [0.05, 0.1) is 0 Å². The van der Waals surface area contributed by atoms with E-state index < -0.39 is 26.2 Å². The number of aromatic nitrogens is 2. The summed E-state index contributed by atoms with van der Waals surface area (Å²) in [6, 6.07) is -0.386. The number of sulfonamides is 1. The zero-order valence-corrected chi connectivity index (χ0v) is 12.7. The number of nitrogens with one attached hydrogen (secondary N) is 1. The van der Waals surface area contributed by atoms with Crippen molar-refractivity contribution in [3.8, 4) is 0 Å². The minimum Gasteiger partial charge on any atom is -0.302 e. The molecule has 2 rings (SSSR count). The molecule has 0 aromatic carbocycles. The summed E-state index contributed by atoms with van der Waals surface area (Å²) in [7, 11) is -1.37. The minimum atomic E-state index is -4.00. The molecule has 2 unspecified atom stereocenters. The van der Waals surface area contributed by atoms with Crippen molar-refractivity contribution in [3.63, 3.8) is 0 Å². The number of nitrogens with zero attached hydrogens (tertiary/aromatic N) is 2. The Labute approximate surface area is 121 Å². The largest absolute Gasteiger partial charge is 0.330 e. The molecular formula is C11H16ClN3O4S. The lowest BCUT2D eigenvalue weighted by Crippen LogP contribution is -2.44. The van der Waals surface area contributed by atoms with Gasteiger partial charge in [-0.25, -0.2) is 17.9 Å². The van der Waals surface area contributed by atoms with Crippen molar-refractivity contribution in [2.45, 2.75) is 35.6 Å². The molecule has 1 heterocycles. The van der Waals surface area contributed by atoms with Crippen molar-refractivity contribution >= 4 is 21.6 Å². The topological polar surface area (TPSA) is 90.2 Å². The second-order valence-electron chi connectivity index (χ2n) is 4.93. The van der Waals surface area contributed by atoms with Crippen LogP contribution in [0.3, 0.4) is 0 Å². The van der Waals surface area contributed by atoms with Crippen LogP contribution in [-0.4, -0.2) is 29.0 Å². The van der Waals surface area contributed by atoms with E-state index in [1.165, 1.54) is 14.1 Å². The predicted octanol–water partition coefficient (Wildman–Crippen LogP) is -0.478. The van der Waals surface area contributed by atoms with E-state index >= 15 is 0 Å². The lowest BCUT2D eigenvalue weighted by molar-refractivity contribution is 0.546. The third kappa shape index (κ3) is 2.68. The van der Waals surface area contributed by atoms with Crippen LogP contribution in [0.5, 0.6) is 0 Å². The van der Waals surface area contributed by atoms with Crippen molar-refractivity contribution in [1.29, 1.82) is 0 Å². The Morgan fingerprint density at radius 1 is 1.30 bits per heavy atom. The van der Waals surface area contributed by atoms with Crippen molar-refractivity contribution in [2.24, 2.45) is 14.1 Å². The standard InChI is InChI=1S/C11H16ClN3O4S/c1-14-6-9(10(16)15(2)11(14)17)20(18,19)13-8-5-3-4-7(8)12/h6-8,13H,3-5H2,1-2H3. The molecule has 20 heavy (non-hydrogen) atoms. The smallest absolute Gasteiger partial charge is 0.302 e. The van der Waals surface area contributed by atoms with Crippen LogP contribution < -0.4 is 16.0 Å². The van der Waals surface area contributed by atoms with Gasteiger partial charge in [-0.3, -0.25) is 9.36 Å². The van der Waals surface area contributed by atoms with Crippen LogP contribution in [0.4, 0.5) is 0 Å². The van der Waals surface area contributed by atoms with E-state index in [0.29, 0.717) is 6.42 Å². The number of hydrogen-bond donors (Lipinski definition) is 1. The highest BCUT2D eigenvalue weighted by molar-refractivity contribution is 7.89. The first-order chi connectivity index (χ1) is 9.24. The monoisotopic (exact) mass is 321 g/mol. The summed E-state index contributed by atoms with van der Waals surface area (Å²) in [5, 5.41) is -0.277. The summed E-state index contributed by atoms with van der Waals surface area (Å²) >= 11 is 6.03. The third-order valence-electron chi connectivity index (χ3n) is 3.44. The Hall–Kier alpha value is -1.12. The maximum atomic E-state index is 12.3. The second-order valence-corrected chi connectivity index (χ2v) is 7.17. The van der Waals surface area contributed by atoms with Gasteiger partial charge in [0.2, 0.25) is 10.0 Å². The highest BCUT2D eigenvalue weighted by Crippen LogP contribution is 2.25. The molecule has 1 fully saturated rings. The molecule has 1 aromatic heterocycles. The molecule has 1 N–H and O–H groups in total. The zero-order valence-electron chi connectivity index (χ0n) is 11.2. The van der Waals surface area contributed by atoms with Crippen LogP contribution in [0, 0.1) is 0 Å². The van der Waals surface area contributed by atoms with E-state index in [9.17, 15) is 18.0 Å². The molecule has 0 bridgehead atoms. The molecular weight excluding hydrogens is 306 g/mol. The quantitative estimate of drug-likeness (QED) is 0.762. The van der Waals surface area contributed by atoms with Gasteiger partial charge >= 0.3 is 5.69 Å². The second kappa shape index (κ2) is 5.34. The maximum Gasteiger partial charge on any atom is 0.330 e. The molecule has 112 valence electrons. The fourth-order valence-electron chi connectivity index (χ4n) is 2.27. The van der Waals surface area contributed by atoms with Crippen LogP contribution in [0.25, 0.3) is 0 Å². The number of rotatable bonds is 3. The van der Waals surface area contributed by atoms with Crippen LogP contribution in [0.1, 0.15) is 19.3 Å². The molecule has 0 saturated heterocycles. The lowest BCUT2D eigenvalue weighted by Gasteiger charge is -2.16. The van der Waals surface area contributed by atoms with Crippen LogP contribution in [-0.2, 0) is 24.1 Å². The summed E-state index contributed by atoms with van der Waals surface area (Å²) < 4.78 is 28.8. The van der Waals surface area contributed by atoms with E-state index in [4.69, 9.17) is 11.6 Å². The van der Waals surface area contributed by atoms with Crippen LogP contribution in [0.2, 0.25) is 0 Å². The van der Waals surface area contributed by atoms with Crippen molar-refractivity contribution in [2.75, 3.05) is 0 Å². The summed E-state index contributed by atoms with van der Waals surface area (Å²) in [4.78, 5) is 23.0. The van der Waals surface area contributed by atoms with Gasteiger partial charge in [-0.2, -0.15) is 0 Å². The van der Waals surface area contributed by atoms with Gasteiger partial charge in [0.1, 0.15) is 0 Å². The Morgan fingerprint density at radius 3 is 2.50 bits per heavy atom. The minimum absolute atomic E-state index is 0.277. The van der Waals surface area contributed by atoms with Gasteiger partial charge in [-0.15, -0.1) is 11.6 Å². The molecule has 1 aliphatic rings.